The molecule has 124 valence electrons. The maximum Gasteiger partial charge on any atom is 0.255 e. The number of nitrogens with zero attached hydrogens (tertiary/aromatic N) is 3. The maximum absolute atomic E-state index is 12.2. The Labute approximate surface area is 131 Å². The van der Waals surface area contributed by atoms with E-state index >= 15 is 0 Å². The van der Waals surface area contributed by atoms with Crippen molar-refractivity contribution in [2.45, 2.75) is 64.7 Å². The van der Waals surface area contributed by atoms with E-state index in [4.69, 9.17) is 9.47 Å². The maximum atomic E-state index is 12.2. The van der Waals surface area contributed by atoms with Crippen molar-refractivity contribution in [3.8, 4) is 0 Å². The summed E-state index contributed by atoms with van der Waals surface area (Å²) in [4.78, 5) is 16.3. The number of amides is 1. The summed E-state index contributed by atoms with van der Waals surface area (Å²) < 4.78 is 12.9. The zero-order valence-electron chi connectivity index (χ0n) is 13.8. The average molecular weight is 310 g/mol. The minimum Gasteiger partial charge on any atom is -0.376 e. The SMILES string of the molecule is CC(OCC1CCCCO1)C(=O)Nc1ncnn1C(C)(C)C. The summed E-state index contributed by atoms with van der Waals surface area (Å²) in [6.07, 6.45) is 4.23. The van der Waals surface area contributed by atoms with Crippen molar-refractivity contribution >= 4 is 11.9 Å². The predicted molar refractivity (Wildman–Crippen MR) is 82.7 cm³/mol. The van der Waals surface area contributed by atoms with Crippen molar-refractivity contribution < 1.29 is 14.3 Å². The molecule has 0 spiro atoms. The zero-order chi connectivity index (χ0) is 16.2. The minimum atomic E-state index is -0.560. The molecule has 2 atom stereocenters. The number of carbonyl (C=O) groups is 1. The van der Waals surface area contributed by atoms with Crippen LogP contribution in [0.25, 0.3) is 0 Å². The molecular formula is C15H26N4O3. The number of rotatable bonds is 5. The Morgan fingerprint density at radius 3 is 2.95 bits per heavy atom. The second-order valence-corrected chi connectivity index (χ2v) is 6.62. The van der Waals surface area contributed by atoms with Crippen molar-refractivity contribution in [2.75, 3.05) is 18.5 Å². The lowest BCUT2D eigenvalue weighted by molar-refractivity contribution is -0.130. The molecule has 1 saturated heterocycles. The van der Waals surface area contributed by atoms with Gasteiger partial charge in [-0.05, 0) is 47.0 Å². The average Bonchev–Trinajstić information content (AvgIpc) is 2.94. The van der Waals surface area contributed by atoms with E-state index in [-0.39, 0.29) is 17.6 Å². The van der Waals surface area contributed by atoms with Gasteiger partial charge in [0.25, 0.3) is 5.91 Å². The van der Waals surface area contributed by atoms with Crippen molar-refractivity contribution in [1.82, 2.24) is 14.8 Å². The molecule has 2 unspecified atom stereocenters. The van der Waals surface area contributed by atoms with E-state index < -0.39 is 6.10 Å². The summed E-state index contributed by atoms with van der Waals surface area (Å²) in [6.45, 7) is 8.95. The van der Waals surface area contributed by atoms with Crippen molar-refractivity contribution in [2.24, 2.45) is 0 Å². The highest BCUT2D eigenvalue weighted by Crippen LogP contribution is 2.17. The molecule has 1 aromatic rings. The number of anilines is 1. The lowest BCUT2D eigenvalue weighted by atomic mass is 10.1. The molecule has 0 bridgehead atoms. The first-order chi connectivity index (χ1) is 10.4. The van der Waals surface area contributed by atoms with Gasteiger partial charge in [-0.15, -0.1) is 0 Å². The Bertz CT molecular complexity index is 489. The molecule has 1 aromatic heterocycles. The molecule has 2 rings (SSSR count). The zero-order valence-corrected chi connectivity index (χ0v) is 13.8. The lowest BCUT2D eigenvalue weighted by Gasteiger charge is -2.24. The van der Waals surface area contributed by atoms with Crippen molar-refractivity contribution in [1.29, 1.82) is 0 Å². The van der Waals surface area contributed by atoms with Gasteiger partial charge in [0, 0.05) is 6.61 Å². The van der Waals surface area contributed by atoms with Gasteiger partial charge in [-0.3, -0.25) is 10.1 Å². The molecular weight excluding hydrogens is 284 g/mol. The standard InChI is InChI=1S/C15H26N4O3/c1-11(22-9-12-7-5-6-8-21-12)13(20)18-14-16-10-17-19(14)15(2,3)4/h10-12H,5-9H2,1-4H3,(H,16,17,18,20). The van der Waals surface area contributed by atoms with Gasteiger partial charge in [0.1, 0.15) is 12.4 Å². The molecule has 1 amide bonds. The van der Waals surface area contributed by atoms with E-state index in [1.165, 1.54) is 6.33 Å². The molecule has 0 saturated carbocycles. The first-order valence-electron chi connectivity index (χ1n) is 7.82. The third kappa shape index (κ3) is 4.51. The topological polar surface area (TPSA) is 78.3 Å². The van der Waals surface area contributed by atoms with Crippen LogP contribution in [0.15, 0.2) is 6.33 Å². The molecule has 2 heterocycles. The first kappa shape index (κ1) is 16.9. The number of aromatic nitrogens is 3. The van der Waals surface area contributed by atoms with Gasteiger partial charge in [0.2, 0.25) is 5.95 Å². The monoisotopic (exact) mass is 310 g/mol. The highest BCUT2D eigenvalue weighted by molar-refractivity contribution is 5.92. The molecule has 1 N–H and O–H groups in total. The summed E-state index contributed by atoms with van der Waals surface area (Å²) in [5.41, 5.74) is -0.251. The molecule has 0 aliphatic carbocycles. The van der Waals surface area contributed by atoms with Gasteiger partial charge in [0.15, 0.2) is 0 Å². The Morgan fingerprint density at radius 1 is 1.55 bits per heavy atom. The fourth-order valence-electron chi connectivity index (χ4n) is 2.30. The van der Waals surface area contributed by atoms with E-state index in [0.717, 1.165) is 25.9 Å². The molecule has 22 heavy (non-hydrogen) atoms. The first-order valence-corrected chi connectivity index (χ1v) is 7.82. The number of hydrogen-bond acceptors (Lipinski definition) is 5. The lowest BCUT2D eigenvalue weighted by Crippen LogP contribution is -2.34. The summed E-state index contributed by atoms with van der Waals surface area (Å²) in [6, 6.07) is 0. The third-order valence-corrected chi connectivity index (χ3v) is 3.59. The second kappa shape index (κ2) is 7.19. The summed E-state index contributed by atoms with van der Waals surface area (Å²) >= 11 is 0. The normalized spacial score (nSPS) is 20.6. The van der Waals surface area contributed by atoms with Crippen molar-refractivity contribution in [3.63, 3.8) is 0 Å². The minimum absolute atomic E-state index is 0.0993. The van der Waals surface area contributed by atoms with Crippen LogP contribution in [0.5, 0.6) is 0 Å². The van der Waals surface area contributed by atoms with Crippen molar-refractivity contribution in [3.05, 3.63) is 6.33 Å². The largest absolute Gasteiger partial charge is 0.376 e. The third-order valence-electron chi connectivity index (χ3n) is 3.59. The van der Waals surface area contributed by atoms with Crippen LogP contribution in [0.3, 0.4) is 0 Å². The van der Waals surface area contributed by atoms with E-state index in [2.05, 4.69) is 15.4 Å². The van der Waals surface area contributed by atoms with E-state index in [9.17, 15) is 4.79 Å². The molecule has 0 radical (unpaired) electrons. The molecule has 0 aromatic carbocycles. The van der Waals surface area contributed by atoms with Crippen LogP contribution < -0.4 is 5.32 Å². The fourth-order valence-corrected chi connectivity index (χ4v) is 2.30. The van der Waals surface area contributed by atoms with E-state index in [0.29, 0.717) is 12.6 Å². The highest BCUT2D eigenvalue weighted by atomic mass is 16.5. The Morgan fingerprint density at radius 2 is 2.32 bits per heavy atom. The van der Waals surface area contributed by atoms with Crippen LogP contribution in [0.4, 0.5) is 5.95 Å². The highest BCUT2D eigenvalue weighted by Gasteiger charge is 2.23. The van der Waals surface area contributed by atoms with E-state index in [1.807, 2.05) is 20.8 Å². The summed E-state index contributed by atoms with van der Waals surface area (Å²) in [5, 5.41) is 6.92. The Hall–Kier alpha value is -1.47. The number of hydrogen-bond donors (Lipinski definition) is 1. The van der Waals surface area contributed by atoms with Crippen LogP contribution in [0, 0.1) is 0 Å². The van der Waals surface area contributed by atoms with Gasteiger partial charge in [-0.2, -0.15) is 10.1 Å². The van der Waals surface area contributed by atoms with Gasteiger partial charge in [0.05, 0.1) is 18.2 Å². The summed E-state index contributed by atoms with van der Waals surface area (Å²) in [7, 11) is 0. The van der Waals surface area contributed by atoms with Crippen LogP contribution in [0.2, 0.25) is 0 Å². The molecule has 7 nitrogen and oxygen atoms in total. The van der Waals surface area contributed by atoms with Gasteiger partial charge < -0.3 is 9.47 Å². The summed E-state index contributed by atoms with van der Waals surface area (Å²) in [5.74, 6) is 0.205. The van der Waals surface area contributed by atoms with Gasteiger partial charge in [-0.25, -0.2) is 4.68 Å². The second-order valence-electron chi connectivity index (χ2n) is 6.62. The number of nitrogens with one attached hydrogen (secondary N) is 1. The van der Waals surface area contributed by atoms with Crippen LogP contribution >= 0.6 is 0 Å². The Balaban J connectivity index is 1.85. The molecule has 1 aliphatic rings. The van der Waals surface area contributed by atoms with Gasteiger partial charge in [-0.1, -0.05) is 0 Å². The van der Waals surface area contributed by atoms with Crippen LogP contribution in [0.1, 0.15) is 47.0 Å². The smallest absolute Gasteiger partial charge is 0.255 e. The van der Waals surface area contributed by atoms with Gasteiger partial charge >= 0.3 is 0 Å². The molecule has 1 aliphatic heterocycles. The predicted octanol–water partition coefficient (Wildman–Crippen LogP) is 1.95. The number of ether oxygens (including phenoxy) is 2. The van der Waals surface area contributed by atoms with Crippen LogP contribution in [-0.4, -0.2) is 46.1 Å². The molecule has 7 heteroatoms. The Kier molecular flexibility index (Phi) is 5.52. The van der Waals surface area contributed by atoms with Crippen LogP contribution in [-0.2, 0) is 19.8 Å². The number of carbonyl (C=O) groups excluding carboxylic acids is 1. The molecule has 1 fully saturated rings. The quantitative estimate of drug-likeness (QED) is 0.899. The van der Waals surface area contributed by atoms with E-state index in [1.54, 1.807) is 11.6 Å². The fraction of sp³-hybridized carbons (Fsp3) is 0.800.